The predicted molar refractivity (Wildman–Crippen MR) is 96.2 cm³/mol. The van der Waals surface area contributed by atoms with Crippen LogP contribution in [-0.4, -0.2) is 12.6 Å². The van der Waals surface area contributed by atoms with E-state index in [1.54, 1.807) is 0 Å². The van der Waals surface area contributed by atoms with Crippen molar-refractivity contribution in [1.29, 1.82) is 0 Å². The maximum Gasteiger partial charge on any atom is 0.324 e. The second-order valence-electron chi connectivity index (χ2n) is 5.49. The molecule has 0 saturated heterocycles. The summed E-state index contributed by atoms with van der Waals surface area (Å²) < 4.78 is 5.32. The Bertz CT molecular complexity index is 417. The highest BCUT2D eigenvalue weighted by Gasteiger charge is 2.17. The topological polar surface area (TPSA) is 26.3 Å². The van der Waals surface area contributed by atoms with Gasteiger partial charge in [-0.25, -0.2) is 0 Å². The van der Waals surface area contributed by atoms with Gasteiger partial charge in [-0.3, -0.25) is 4.79 Å². The van der Waals surface area contributed by atoms with E-state index in [0.717, 1.165) is 24.8 Å². The summed E-state index contributed by atoms with van der Waals surface area (Å²) in [6.07, 6.45) is 11.5. The van der Waals surface area contributed by atoms with Gasteiger partial charge >= 0.3 is 5.97 Å². The smallest absolute Gasteiger partial charge is 0.324 e. The van der Waals surface area contributed by atoms with E-state index in [-0.39, 0.29) is 10.8 Å². The van der Waals surface area contributed by atoms with Crippen LogP contribution >= 0.6 is 15.9 Å². The number of carbonyl (C=O) groups is 1. The summed E-state index contributed by atoms with van der Waals surface area (Å²) in [7, 11) is 0. The third-order valence-corrected chi connectivity index (χ3v) is 4.50. The van der Waals surface area contributed by atoms with E-state index < -0.39 is 0 Å². The zero-order valence-corrected chi connectivity index (χ0v) is 14.9. The average molecular weight is 367 g/mol. The van der Waals surface area contributed by atoms with E-state index in [1.807, 2.05) is 36.4 Å². The molecule has 0 heterocycles. The molecule has 1 aromatic carbocycles. The Kier molecular flexibility index (Phi) is 10.7. The van der Waals surface area contributed by atoms with Gasteiger partial charge in [-0.1, -0.05) is 84.4 Å². The first-order valence-corrected chi connectivity index (χ1v) is 9.14. The van der Waals surface area contributed by atoms with Gasteiger partial charge in [-0.2, -0.15) is 0 Å². The average Bonchev–Trinajstić information content (AvgIpc) is 2.56. The molecule has 0 amide bonds. The monoisotopic (exact) mass is 366 g/mol. The second-order valence-corrected chi connectivity index (χ2v) is 6.41. The Hall–Kier alpha value is -1.09. The number of halogens is 1. The molecule has 122 valence electrons. The molecule has 3 heteroatoms. The molecule has 0 aliphatic carbocycles. The van der Waals surface area contributed by atoms with Crippen LogP contribution in [0.5, 0.6) is 0 Å². The molecule has 1 rings (SSSR count). The lowest BCUT2D eigenvalue weighted by Crippen LogP contribution is -2.11. The number of ether oxygens (including phenoxy) is 1. The maximum absolute atomic E-state index is 11.9. The Labute approximate surface area is 143 Å². The summed E-state index contributed by atoms with van der Waals surface area (Å²) in [6.45, 7) is 4.25. The SMILES string of the molecule is C=CCCCCCCCCCOC(=O)C(Br)c1ccccc1. The fourth-order valence-electron chi connectivity index (χ4n) is 2.28. The zero-order valence-electron chi connectivity index (χ0n) is 13.3. The fourth-order valence-corrected chi connectivity index (χ4v) is 2.72. The van der Waals surface area contributed by atoms with Gasteiger partial charge in [0.15, 0.2) is 0 Å². The number of esters is 1. The van der Waals surface area contributed by atoms with Crippen LogP contribution in [-0.2, 0) is 9.53 Å². The summed E-state index contributed by atoms with van der Waals surface area (Å²) >= 11 is 3.39. The van der Waals surface area contributed by atoms with Crippen LogP contribution in [0, 0.1) is 0 Å². The molecule has 0 fully saturated rings. The van der Waals surface area contributed by atoms with Gasteiger partial charge in [0.2, 0.25) is 0 Å². The zero-order chi connectivity index (χ0) is 16.0. The maximum atomic E-state index is 11.9. The third kappa shape index (κ3) is 8.38. The minimum Gasteiger partial charge on any atom is -0.465 e. The van der Waals surface area contributed by atoms with Gasteiger partial charge in [-0.05, 0) is 24.8 Å². The van der Waals surface area contributed by atoms with Crippen LogP contribution in [0.15, 0.2) is 43.0 Å². The van der Waals surface area contributed by atoms with Crippen LogP contribution in [0.4, 0.5) is 0 Å². The number of hydrogen-bond acceptors (Lipinski definition) is 2. The highest BCUT2D eigenvalue weighted by Crippen LogP contribution is 2.23. The van der Waals surface area contributed by atoms with Crippen LogP contribution in [0.25, 0.3) is 0 Å². The van der Waals surface area contributed by atoms with Crippen LogP contribution in [0.3, 0.4) is 0 Å². The number of hydrogen-bond donors (Lipinski definition) is 0. The highest BCUT2D eigenvalue weighted by molar-refractivity contribution is 9.09. The van der Waals surface area contributed by atoms with Crippen molar-refractivity contribution in [2.45, 2.75) is 56.2 Å². The molecule has 1 unspecified atom stereocenters. The summed E-state index contributed by atoms with van der Waals surface area (Å²) in [5.74, 6) is -0.198. The number of rotatable bonds is 12. The lowest BCUT2D eigenvalue weighted by atomic mass is 10.1. The molecule has 2 nitrogen and oxygen atoms in total. The van der Waals surface area contributed by atoms with E-state index in [2.05, 4.69) is 22.5 Å². The summed E-state index contributed by atoms with van der Waals surface area (Å²) in [5, 5.41) is 0. The molecule has 0 spiro atoms. The number of alkyl halides is 1. The highest BCUT2D eigenvalue weighted by atomic mass is 79.9. The third-order valence-electron chi connectivity index (χ3n) is 3.60. The molecular weight excluding hydrogens is 340 g/mol. The van der Waals surface area contributed by atoms with Crippen molar-refractivity contribution in [3.05, 3.63) is 48.6 Å². The van der Waals surface area contributed by atoms with Crippen molar-refractivity contribution < 1.29 is 9.53 Å². The molecule has 0 N–H and O–H groups in total. The van der Waals surface area contributed by atoms with E-state index >= 15 is 0 Å². The summed E-state index contributed by atoms with van der Waals surface area (Å²) in [5.41, 5.74) is 0.937. The molecule has 1 atom stereocenters. The number of benzene rings is 1. The number of carbonyl (C=O) groups excluding carboxylic acids is 1. The Morgan fingerprint density at radius 1 is 1.05 bits per heavy atom. The fraction of sp³-hybridized carbons (Fsp3) is 0.526. The van der Waals surface area contributed by atoms with E-state index in [4.69, 9.17) is 4.74 Å². The van der Waals surface area contributed by atoms with Gasteiger partial charge in [0, 0.05) is 0 Å². The minimum atomic E-state index is -0.362. The van der Waals surface area contributed by atoms with Crippen molar-refractivity contribution in [3.63, 3.8) is 0 Å². The van der Waals surface area contributed by atoms with E-state index in [1.165, 1.54) is 32.1 Å². The first-order chi connectivity index (χ1) is 10.8. The lowest BCUT2D eigenvalue weighted by molar-refractivity contribution is -0.143. The molecule has 0 aliphatic rings. The molecule has 0 bridgehead atoms. The minimum absolute atomic E-state index is 0.198. The molecule has 0 aliphatic heterocycles. The number of unbranched alkanes of at least 4 members (excludes halogenated alkanes) is 7. The first kappa shape index (κ1) is 19.0. The number of allylic oxidation sites excluding steroid dienone is 1. The van der Waals surface area contributed by atoms with Gasteiger partial charge < -0.3 is 4.74 Å². The van der Waals surface area contributed by atoms with Crippen LogP contribution in [0.2, 0.25) is 0 Å². The normalized spacial score (nSPS) is 11.9. The molecular formula is C19H27BrO2. The largest absolute Gasteiger partial charge is 0.465 e. The second kappa shape index (κ2) is 12.5. The standard InChI is InChI=1S/C19H27BrO2/c1-2-3-4-5-6-7-8-9-13-16-22-19(21)18(20)17-14-11-10-12-15-17/h2,10-12,14-15,18H,1,3-9,13,16H2. The van der Waals surface area contributed by atoms with Crippen molar-refractivity contribution >= 4 is 21.9 Å². The van der Waals surface area contributed by atoms with E-state index in [0.29, 0.717) is 6.61 Å². The van der Waals surface area contributed by atoms with Gasteiger partial charge in [0.05, 0.1) is 6.61 Å². The molecule has 1 aromatic rings. The Morgan fingerprint density at radius 3 is 2.27 bits per heavy atom. The molecule has 0 saturated carbocycles. The van der Waals surface area contributed by atoms with Gasteiger partial charge in [0.1, 0.15) is 4.83 Å². The van der Waals surface area contributed by atoms with Crippen molar-refractivity contribution in [3.8, 4) is 0 Å². The quantitative estimate of drug-likeness (QED) is 0.197. The van der Waals surface area contributed by atoms with Crippen LogP contribution < -0.4 is 0 Å². The lowest BCUT2D eigenvalue weighted by Gasteiger charge is -2.10. The van der Waals surface area contributed by atoms with Gasteiger partial charge in [0.25, 0.3) is 0 Å². The molecule has 0 radical (unpaired) electrons. The molecule has 22 heavy (non-hydrogen) atoms. The molecule has 0 aromatic heterocycles. The Balaban J connectivity index is 2.00. The predicted octanol–water partition coefficient (Wildman–Crippen LogP) is 5.97. The van der Waals surface area contributed by atoms with Crippen molar-refractivity contribution in [2.24, 2.45) is 0 Å². The summed E-state index contributed by atoms with van der Waals surface area (Å²) in [6, 6.07) is 9.63. The first-order valence-electron chi connectivity index (χ1n) is 8.22. The van der Waals surface area contributed by atoms with Crippen LogP contribution in [0.1, 0.15) is 61.8 Å². The van der Waals surface area contributed by atoms with E-state index in [9.17, 15) is 4.79 Å². The van der Waals surface area contributed by atoms with Crippen molar-refractivity contribution in [1.82, 2.24) is 0 Å². The van der Waals surface area contributed by atoms with Crippen molar-refractivity contribution in [2.75, 3.05) is 6.61 Å². The summed E-state index contributed by atoms with van der Waals surface area (Å²) in [4.78, 5) is 11.5. The Morgan fingerprint density at radius 2 is 1.64 bits per heavy atom. The van der Waals surface area contributed by atoms with Gasteiger partial charge in [-0.15, -0.1) is 6.58 Å².